The Bertz CT molecular complexity index is 1810. The number of hydrogen-bond donors (Lipinski definition) is 4. The van der Waals surface area contributed by atoms with E-state index in [0.717, 1.165) is 206 Å². The molecule has 0 saturated carbocycles. The molecule has 0 bridgehead atoms. The van der Waals surface area contributed by atoms with Gasteiger partial charge in [0.15, 0.2) is 12.2 Å². The Morgan fingerprint density at radius 2 is 0.454 bits per heavy atom. The number of carbonyl (C=O) groups excluding carboxylic acids is 6. The standard InChI is InChI=1S/C92H178N4O12/c1-7-13-19-25-31-33-35-47-63-81-105-85(97)69-57-49-61-77-95(75-59-45-37-43-55-71-87(99)107-83(65-51-39-27-21-15-9-3)66-52-40-28-22-16-10-4)79-73-93-91(103)89(101)90(102)92(104)94-74-80-96(78-62-50-58-70-86(98)106-82-64-48-36-34-32-26-20-14-8-2)76-60-46-38-44-56-72-88(100)108-84(67-53-41-29-23-17-11-5)68-54-42-30-24-18-12-6/h83-84,89-90,101-102H,7-82H2,1-6H3,(H,93,103)(H,94,104). The molecular formula is C92H178N4O12. The lowest BCUT2D eigenvalue weighted by atomic mass is 10.0. The molecule has 2 amide bonds. The highest BCUT2D eigenvalue weighted by Crippen LogP contribution is 2.22. The molecular weight excluding hydrogens is 1350 g/mol. The summed E-state index contributed by atoms with van der Waals surface area (Å²) in [7, 11) is 0. The van der Waals surface area contributed by atoms with Gasteiger partial charge in [0, 0.05) is 51.9 Å². The zero-order chi connectivity index (χ0) is 78.9. The van der Waals surface area contributed by atoms with E-state index in [2.05, 4.69) is 62.0 Å². The molecule has 638 valence electrons. The summed E-state index contributed by atoms with van der Waals surface area (Å²) in [5.41, 5.74) is 0. The Morgan fingerprint density at radius 3 is 0.713 bits per heavy atom. The molecule has 0 rings (SSSR count). The average molecular weight is 1530 g/mol. The maximum atomic E-state index is 13.4. The van der Waals surface area contributed by atoms with Crippen LogP contribution in [0.2, 0.25) is 0 Å². The predicted octanol–water partition coefficient (Wildman–Crippen LogP) is 23.3. The van der Waals surface area contributed by atoms with Crippen molar-refractivity contribution in [1.82, 2.24) is 20.4 Å². The average Bonchev–Trinajstić information content (AvgIpc) is 0.886. The molecule has 16 nitrogen and oxygen atoms in total. The predicted molar refractivity (Wildman–Crippen MR) is 451 cm³/mol. The normalized spacial score (nSPS) is 12.2. The van der Waals surface area contributed by atoms with Gasteiger partial charge in [0.05, 0.1) is 13.2 Å². The lowest BCUT2D eigenvalue weighted by Gasteiger charge is -2.24. The Labute approximate surface area is 666 Å². The minimum absolute atomic E-state index is 0.0273. The molecule has 0 fully saturated rings. The van der Waals surface area contributed by atoms with Gasteiger partial charge in [0.25, 0.3) is 11.8 Å². The number of aliphatic hydroxyl groups excluding tert-OH is 2. The molecule has 2 unspecified atom stereocenters. The minimum atomic E-state index is -1.95. The lowest BCUT2D eigenvalue weighted by Crippen LogP contribution is -2.51. The number of ether oxygens (including phenoxy) is 4. The van der Waals surface area contributed by atoms with Gasteiger partial charge in [-0.25, -0.2) is 0 Å². The van der Waals surface area contributed by atoms with Gasteiger partial charge in [-0.1, -0.05) is 324 Å². The van der Waals surface area contributed by atoms with Gasteiger partial charge < -0.3 is 49.6 Å². The molecule has 0 radical (unpaired) electrons. The van der Waals surface area contributed by atoms with Gasteiger partial charge >= 0.3 is 23.9 Å². The summed E-state index contributed by atoms with van der Waals surface area (Å²) in [5, 5.41) is 27.6. The minimum Gasteiger partial charge on any atom is -0.466 e. The third-order valence-corrected chi connectivity index (χ3v) is 21.8. The second kappa shape index (κ2) is 83.1. The third-order valence-electron chi connectivity index (χ3n) is 21.8. The lowest BCUT2D eigenvalue weighted by molar-refractivity contribution is -0.151. The Morgan fingerprint density at radius 1 is 0.250 bits per heavy atom. The fraction of sp³-hybridized carbons (Fsp3) is 0.935. The maximum Gasteiger partial charge on any atom is 0.306 e. The summed E-state index contributed by atoms with van der Waals surface area (Å²) in [4.78, 5) is 82.8. The van der Waals surface area contributed by atoms with Crippen molar-refractivity contribution in [3.05, 3.63) is 0 Å². The van der Waals surface area contributed by atoms with E-state index in [-0.39, 0.29) is 49.2 Å². The first-order valence-electron chi connectivity index (χ1n) is 46.9. The molecule has 0 heterocycles. The highest BCUT2D eigenvalue weighted by Gasteiger charge is 2.30. The largest absolute Gasteiger partial charge is 0.466 e. The summed E-state index contributed by atoms with van der Waals surface area (Å²) in [5.74, 6) is -2.01. The van der Waals surface area contributed by atoms with Crippen LogP contribution in [-0.4, -0.2) is 146 Å². The first-order chi connectivity index (χ1) is 52.8. The van der Waals surface area contributed by atoms with Crippen LogP contribution in [0, 0.1) is 0 Å². The number of nitrogens with zero attached hydrogens (tertiary/aromatic N) is 2. The molecule has 0 saturated heterocycles. The van der Waals surface area contributed by atoms with Crippen molar-refractivity contribution in [3.63, 3.8) is 0 Å². The van der Waals surface area contributed by atoms with Gasteiger partial charge in [-0.2, -0.15) is 0 Å². The fourth-order valence-electron chi connectivity index (χ4n) is 14.6. The van der Waals surface area contributed by atoms with Crippen LogP contribution in [0.15, 0.2) is 0 Å². The number of amides is 2. The van der Waals surface area contributed by atoms with E-state index in [4.69, 9.17) is 18.9 Å². The molecule has 16 heteroatoms. The number of nitrogens with one attached hydrogen (secondary N) is 2. The molecule has 0 spiro atoms. The van der Waals surface area contributed by atoms with Crippen molar-refractivity contribution in [2.24, 2.45) is 0 Å². The summed E-state index contributed by atoms with van der Waals surface area (Å²) in [6.07, 6.45) is 67.6. The van der Waals surface area contributed by atoms with Gasteiger partial charge in [-0.15, -0.1) is 0 Å². The van der Waals surface area contributed by atoms with Gasteiger partial charge in [0.1, 0.15) is 12.2 Å². The SMILES string of the molecule is CCCCCCCCCCCOC(=O)CCCCCN(CCCCCCCC(=O)OC(CCCCCCCC)CCCCCCCC)CCNC(=O)C(O)C(O)C(=O)NCCN(CCCCCCCC(=O)OC(CCCCCCCC)CCCCCCCC)CCCCCC(=O)OCCCCCCCCCCC. The van der Waals surface area contributed by atoms with Crippen molar-refractivity contribution in [2.45, 2.75) is 490 Å². The third kappa shape index (κ3) is 72.9. The smallest absolute Gasteiger partial charge is 0.306 e. The van der Waals surface area contributed by atoms with E-state index in [9.17, 15) is 39.0 Å². The first kappa shape index (κ1) is 105. The molecule has 0 aliphatic carbocycles. The van der Waals surface area contributed by atoms with E-state index in [1.807, 2.05) is 0 Å². The Hall–Kier alpha value is -3.34. The molecule has 0 aromatic carbocycles. The van der Waals surface area contributed by atoms with Crippen LogP contribution in [0.5, 0.6) is 0 Å². The van der Waals surface area contributed by atoms with E-state index < -0.39 is 24.0 Å². The van der Waals surface area contributed by atoms with Crippen LogP contribution < -0.4 is 10.6 Å². The van der Waals surface area contributed by atoms with E-state index in [0.29, 0.717) is 52.0 Å². The monoisotopic (exact) mass is 1530 g/mol. The Balaban J connectivity index is 5.55. The molecule has 2 atom stereocenters. The topological polar surface area (TPSA) is 210 Å². The number of aliphatic hydroxyl groups is 2. The van der Waals surface area contributed by atoms with Crippen molar-refractivity contribution in [2.75, 3.05) is 65.6 Å². The summed E-state index contributed by atoms with van der Waals surface area (Å²) in [6.45, 7) is 19.0. The van der Waals surface area contributed by atoms with Gasteiger partial charge in [0.2, 0.25) is 0 Å². The second-order valence-corrected chi connectivity index (χ2v) is 32.4. The van der Waals surface area contributed by atoms with E-state index in [1.165, 1.54) is 218 Å². The van der Waals surface area contributed by atoms with E-state index in [1.54, 1.807) is 0 Å². The fourth-order valence-corrected chi connectivity index (χ4v) is 14.6. The van der Waals surface area contributed by atoms with Crippen LogP contribution in [-0.2, 0) is 47.7 Å². The number of carbonyl (C=O) groups is 6. The van der Waals surface area contributed by atoms with Crippen molar-refractivity contribution >= 4 is 35.7 Å². The van der Waals surface area contributed by atoms with Gasteiger partial charge in [-0.05, 0) is 142 Å². The van der Waals surface area contributed by atoms with Crippen molar-refractivity contribution in [3.8, 4) is 0 Å². The first-order valence-corrected chi connectivity index (χ1v) is 46.9. The van der Waals surface area contributed by atoms with Crippen molar-refractivity contribution < 1.29 is 57.9 Å². The van der Waals surface area contributed by atoms with Gasteiger partial charge in [-0.3, -0.25) is 28.8 Å². The molecule has 4 N–H and O–H groups in total. The summed E-state index contributed by atoms with van der Waals surface area (Å²) in [6, 6.07) is 0. The zero-order valence-electron chi connectivity index (χ0n) is 71.9. The zero-order valence-corrected chi connectivity index (χ0v) is 71.9. The highest BCUT2D eigenvalue weighted by atomic mass is 16.6. The quantitative estimate of drug-likeness (QED) is 0.0254. The molecule has 0 aliphatic rings. The van der Waals surface area contributed by atoms with Crippen LogP contribution in [0.1, 0.15) is 465 Å². The summed E-state index contributed by atoms with van der Waals surface area (Å²) < 4.78 is 23.4. The number of hydrogen-bond acceptors (Lipinski definition) is 14. The second-order valence-electron chi connectivity index (χ2n) is 32.4. The molecule has 108 heavy (non-hydrogen) atoms. The van der Waals surface area contributed by atoms with Crippen LogP contribution in [0.3, 0.4) is 0 Å². The van der Waals surface area contributed by atoms with Crippen LogP contribution in [0.25, 0.3) is 0 Å². The molecule has 0 aromatic heterocycles. The maximum absolute atomic E-state index is 13.4. The highest BCUT2D eigenvalue weighted by molar-refractivity contribution is 5.90. The Kier molecular flexibility index (Phi) is 80.5. The van der Waals surface area contributed by atoms with E-state index >= 15 is 0 Å². The van der Waals surface area contributed by atoms with Crippen LogP contribution in [0.4, 0.5) is 0 Å². The number of rotatable bonds is 87. The summed E-state index contributed by atoms with van der Waals surface area (Å²) >= 11 is 0. The van der Waals surface area contributed by atoms with Crippen LogP contribution >= 0.6 is 0 Å². The molecule has 0 aliphatic heterocycles. The number of unbranched alkanes of at least 4 members (excludes halogenated alkanes) is 48. The molecule has 0 aromatic rings. The number of esters is 4. The van der Waals surface area contributed by atoms with Crippen molar-refractivity contribution in [1.29, 1.82) is 0 Å².